The maximum absolute atomic E-state index is 13.2. The van der Waals surface area contributed by atoms with Gasteiger partial charge < -0.3 is 9.64 Å². The maximum atomic E-state index is 13.2. The minimum atomic E-state index is -0.447. The number of amides is 1. The van der Waals surface area contributed by atoms with Gasteiger partial charge in [0.15, 0.2) is 0 Å². The molecule has 0 bridgehead atoms. The number of benzene rings is 1. The van der Waals surface area contributed by atoms with Crippen LogP contribution in [-0.2, 0) is 16.0 Å². The molecule has 0 unspecified atom stereocenters. The zero-order chi connectivity index (χ0) is 20.4. The number of carbonyl (C=O) groups excluding carboxylic acids is 2. The molecule has 0 radical (unpaired) electrons. The molecule has 2 aromatic heterocycles. The van der Waals surface area contributed by atoms with E-state index >= 15 is 0 Å². The van der Waals surface area contributed by atoms with Crippen LogP contribution in [0.1, 0.15) is 31.7 Å². The van der Waals surface area contributed by atoms with Crippen molar-refractivity contribution in [3.05, 3.63) is 74.1 Å². The molecular formula is C22H22N2O3S2. The van der Waals surface area contributed by atoms with Crippen molar-refractivity contribution in [2.45, 2.75) is 12.5 Å². The monoisotopic (exact) mass is 426 g/mol. The Morgan fingerprint density at radius 2 is 1.97 bits per heavy atom. The number of hydrogen-bond donors (Lipinski definition) is 0. The smallest absolute Gasteiger partial charge is 0.339 e. The van der Waals surface area contributed by atoms with Crippen molar-refractivity contribution in [2.24, 2.45) is 0 Å². The molecule has 3 aromatic rings. The van der Waals surface area contributed by atoms with E-state index in [1.807, 2.05) is 6.07 Å². The van der Waals surface area contributed by atoms with E-state index in [1.54, 1.807) is 52.8 Å². The molecule has 4 rings (SSSR count). The number of esters is 1. The van der Waals surface area contributed by atoms with Gasteiger partial charge >= 0.3 is 5.97 Å². The first-order valence-corrected chi connectivity index (χ1v) is 11.1. The molecule has 1 amide bonds. The Balaban J connectivity index is 1.59. The van der Waals surface area contributed by atoms with Crippen LogP contribution in [0.2, 0.25) is 0 Å². The number of fused-ring (bicyclic) bond motifs is 1. The fraction of sp³-hybridized carbons (Fsp3) is 0.273. The van der Waals surface area contributed by atoms with E-state index in [1.165, 1.54) is 22.4 Å². The van der Waals surface area contributed by atoms with E-state index < -0.39 is 5.97 Å². The van der Waals surface area contributed by atoms with Gasteiger partial charge in [-0.25, -0.2) is 4.79 Å². The van der Waals surface area contributed by atoms with E-state index in [2.05, 4.69) is 33.9 Å². The Hall–Kier alpha value is -2.48. The Morgan fingerprint density at radius 3 is 2.72 bits per heavy atom. The van der Waals surface area contributed by atoms with Crippen LogP contribution in [-0.4, -0.2) is 44.0 Å². The number of nitrogens with zero attached hydrogens (tertiary/aromatic N) is 2. The first-order chi connectivity index (χ1) is 14.1. The molecule has 1 atom stereocenters. The summed E-state index contributed by atoms with van der Waals surface area (Å²) < 4.78 is 4.87. The molecule has 0 N–H and O–H groups in total. The van der Waals surface area contributed by atoms with Crippen LogP contribution in [0.15, 0.2) is 53.2 Å². The van der Waals surface area contributed by atoms with Gasteiger partial charge in [0.05, 0.1) is 30.9 Å². The fourth-order valence-corrected chi connectivity index (χ4v) is 5.56. The minimum Gasteiger partial charge on any atom is -0.465 e. The standard InChI is InChI=1S/C22H22N2O3S2/c1-23(17-7-4-3-6-15(17)22(26)27-2)20(25)14-24-11-9-18-16(10-13-29-18)21(24)19-8-5-12-28-19/h3-8,10,12-13,21H,9,11,14H2,1-2H3/t21-/m1/s1. The van der Waals surface area contributed by atoms with Gasteiger partial charge in [0.1, 0.15) is 0 Å². The van der Waals surface area contributed by atoms with Crippen LogP contribution in [0.3, 0.4) is 0 Å². The number of rotatable bonds is 5. The first kappa shape index (κ1) is 19.8. The summed E-state index contributed by atoms with van der Waals surface area (Å²) in [7, 11) is 3.06. The second kappa shape index (κ2) is 8.49. The number of carbonyl (C=O) groups is 2. The van der Waals surface area contributed by atoms with Crippen molar-refractivity contribution >= 4 is 40.2 Å². The van der Waals surface area contributed by atoms with Crippen LogP contribution in [0.25, 0.3) is 0 Å². The summed E-state index contributed by atoms with van der Waals surface area (Å²) in [6.45, 7) is 1.11. The molecular weight excluding hydrogens is 404 g/mol. The molecule has 0 aliphatic carbocycles. The number of likely N-dealkylation sites (N-methyl/N-ethyl adjacent to an activating group) is 1. The van der Waals surface area contributed by atoms with Crippen molar-refractivity contribution in [1.29, 1.82) is 0 Å². The fourth-order valence-electron chi connectivity index (χ4n) is 3.78. The van der Waals surface area contributed by atoms with Gasteiger partial charge in [0, 0.05) is 23.3 Å². The second-order valence-corrected chi connectivity index (χ2v) is 8.88. The first-order valence-electron chi connectivity index (χ1n) is 9.37. The third-order valence-corrected chi connectivity index (χ3v) is 7.18. The van der Waals surface area contributed by atoms with Crippen molar-refractivity contribution in [2.75, 3.05) is 32.1 Å². The summed E-state index contributed by atoms with van der Waals surface area (Å²) in [6.07, 6.45) is 0.949. The predicted molar refractivity (Wildman–Crippen MR) is 117 cm³/mol. The maximum Gasteiger partial charge on any atom is 0.339 e. The molecule has 1 aromatic carbocycles. The molecule has 0 saturated heterocycles. The highest BCUT2D eigenvalue weighted by molar-refractivity contribution is 7.10. The zero-order valence-electron chi connectivity index (χ0n) is 16.3. The number of para-hydroxylation sites is 1. The number of ether oxygens (including phenoxy) is 1. The van der Waals surface area contributed by atoms with Crippen LogP contribution >= 0.6 is 22.7 Å². The number of anilines is 1. The van der Waals surface area contributed by atoms with Crippen LogP contribution in [0, 0.1) is 0 Å². The predicted octanol–water partition coefficient (Wildman–Crippen LogP) is 4.21. The molecule has 150 valence electrons. The van der Waals surface area contributed by atoms with Gasteiger partial charge in [-0.3, -0.25) is 9.69 Å². The highest BCUT2D eigenvalue weighted by Gasteiger charge is 2.32. The van der Waals surface area contributed by atoms with Crippen LogP contribution < -0.4 is 4.90 Å². The Kier molecular flexibility index (Phi) is 5.80. The third kappa shape index (κ3) is 3.85. The van der Waals surface area contributed by atoms with Crippen LogP contribution in [0.5, 0.6) is 0 Å². The van der Waals surface area contributed by atoms with Gasteiger partial charge in [-0.2, -0.15) is 0 Å². The van der Waals surface area contributed by atoms with Gasteiger partial charge in [0.2, 0.25) is 5.91 Å². The van der Waals surface area contributed by atoms with E-state index in [4.69, 9.17) is 4.74 Å². The molecule has 0 saturated carbocycles. The summed E-state index contributed by atoms with van der Waals surface area (Å²) in [5, 5.41) is 4.21. The molecule has 1 aliphatic rings. The Labute approximate surface area is 178 Å². The molecule has 1 aliphatic heterocycles. The zero-order valence-corrected chi connectivity index (χ0v) is 18.0. The molecule has 0 spiro atoms. The van der Waals surface area contributed by atoms with Crippen molar-refractivity contribution in [3.8, 4) is 0 Å². The molecule has 29 heavy (non-hydrogen) atoms. The molecule has 3 heterocycles. The quantitative estimate of drug-likeness (QED) is 0.574. The van der Waals surface area contributed by atoms with Gasteiger partial charge in [-0.05, 0) is 47.0 Å². The topological polar surface area (TPSA) is 49.9 Å². The summed E-state index contributed by atoms with van der Waals surface area (Å²) in [6, 6.07) is 13.5. The number of thiophene rings is 2. The van der Waals surface area contributed by atoms with Crippen molar-refractivity contribution in [3.63, 3.8) is 0 Å². The molecule has 7 heteroatoms. The minimum absolute atomic E-state index is 0.0541. The lowest BCUT2D eigenvalue weighted by molar-refractivity contribution is -0.119. The van der Waals surface area contributed by atoms with E-state index in [-0.39, 0.29) is 18.5 Å². The van der Waals surface area contributed by atoms with Gasteiger partial charge in [-0.15, -0.1) is 22.7 Å². The average molecular weight is 427 g/mol. The van der Waals surface area contributed by atoms with Crippen molar-refractivity contribution < 1.29 is 14.3 Å². The largest absolute Gasteiger partial charge is 0.465 e. The van der Waals surface area contributed by atoms with E-state index in [9.17, 15) is 9.59 Å². The molecule has 5 nitrogen and oxygen atoms in total. The lowest BCUT2D eigenvalue weighted by atomic mass is 9.98. The van der Waals surface area contributed by atoms with Crippen LogP contribution in [0.4, 0.5) is 5.69 Å². The summed E-state index contributed by atoms with van der Waals surface area (Å²) in [4.78, 5) is 31.7. The number of hydrogen-bond acceptors (Lipinski definition) is 6. The summed E-state index contributed by atoms with van der Waals surface area (Å²) in [5.74, 6) is -0.501. The Bertz CT molecular complexity index is 1010. The highest BCUT2D eigenvalue weighted by Crippen LogP contribution is 2.39. The highest BCUT2D eigenvalue weighted by atomic mass is 32.1. The van der Waals surface area contributed by atoms with E-state index in [0.29, 0.717) is 11.3 Å². The van der Waals surface area contributed by atoms with E-state index in [0.717, 1.165) is 13.0 Å². The Morgan fingerprint density at radius 1 is 1.14 bits per heavy atom. The SMILES string of the molecule is COC(=O)c1ccccc1N(C)C(=O)CN1CCc2sccc2[C@@H]1c1cccs1. The molecule has 0 fully saturated rings. The summed E-state index contributed by atoms with van der Waals surface area (Å²) >= 11 is 3.51. The second-order valence-electron chi connectivity index (χ2n) is 6.90. The lowest BCUT2D eigenvalue weighted by Crippen LogP contribution is -2.43. The van der Waals surface area contributed by atoms with Gasteiger partial charge in [0.25, 0.3) is 0 Å². The number of methoxy groups -OCH3 is 1. The average Bonchev–Trinajstić information content (AvgIpc) is 3.44. The lowest BCUT2D eigenvalue weighted by Gasteiger charge is -2.36. The van der Waals surface area contributed by atoms with Gasteiger partial charge in [-0.1, -0.05) is 18.2 Å². The summed E-state index contributed by atoms with van der Waals surface area (Å²) in [5.41, 5.74) is 2.25. The van der Waals surface area contributed by atoms with Crippen molar-refractivity contribution in [1.82, 2.24) is 4.90 Å². The normalized spacial score (nSPS) is 16.3. The third-order valence-electron chi connectivity index (χ3n) is 5.26.